The number of nitrogens with zero attached hydrogens (tertiary/aromatic N) is 1. The Bertz CT molecular complexity index is 357. The van der Waals surface area contributed by atoms with E-state index in [9.17, 15) is 4.57 Å². The summed E-state index contributed by atoms with van der Waals surface area (Å²) in [6.45, 7) is 6.45. The summed E-state index contributed by atoms with van der Waals surface area (Å²) in [5, 5.41) is 2.97. The van der Waals surface area contributed by atoms with Crippen LogP contribution in [0.5, 0.6) is 0 Å². The first kappa shape index (κ1) is 13.8. The minimum Gasteiger partial charge on any atom is -0.309 e. The largest absolute Gasteiger partial charge is 0.336 e. The Balaban J connectivity index is 2.71. The number of thiazole rings is 1. The molecule has 0 aliphatic rings. The third kappa shape index (κ3) is 3.98. The van der Waals surface area contributed by atoms with Crippen molar-refractivity contribution in [2.45, 2.75) is 33.4 Å². The lowest BCUT2D eigenvalue weighted by Crippen LogP contribution is -1.99. The quantitative estimate of drug-likeness (QED) is 0.707. The van der Waals surface area contributed by atoms with E-state index >= 15 is 0 Å². The predicted octanol–water partition coefficient (Wildman–Crippen LogP) is 3.47. The van der Waals surface area contributed by atoms with Crippen LogP contribution < -0.4 is 0 Å². The van der Waals surface area contributed by atoms with E-state index in [4.69, 9.17) is 9.05 Å². The van der Waals surface area contributed by atoms with Gasteiger partial charge in [0.25, 0.3) is 0 Å². The number of aromatic nitrogens is 1. The first-order chi connectivity index (χ1) is 7.63. The monoisotopic (exact) mass is 263 g/mol. The molecule has 1 aromatic rings. The van der Waals surface area contributed by atoms with Gasteiger partial charge in [-0.1, -0.05) is 6.92 Å². The van der Waals surface area contributed by atoms with Crippen molar-refractivity contribution in [2.24, 2.45) is 0 Å². The third-order valence-electron chi connectivity index (χ3n) is 1.91. The van der Waals surface area contributed by atoms with Crippen molar-refractivity contribution >= 4 is 18.9 Å². The van der Waals surface area contributed by atoms with E-state index in [1.165, 1.54) is 0 Å². The maximum absolute atomic E-state index is 12.2. The van der Waals surface area contributed by atoms with Gasteiger partial charge in [0, 0.05) is 5.38 Å². The van der Waals surface area contributed by atoms with Gasteiger partial charge in [-0.15, -0.1) is 11.3 Å². The van der Waals surface area contributed by atoms with Crippen LogP contribution in [0, 0.1) is 0 Å². The summed E-state index contributed by atoms with van der Waals surface area (Å²) in [5.74, 6) is 0. The standard InChI is InChI=1S/C10H18NO3PS/c1-4-10-11-9(8-16-10)7-15(12,13-5-2)14-6-3/h8H,4-7H2,1-3H3. The first-order valence-corrected chi connectivity index (χ1v) is 8.05. The lowest BCUT2D eigenvalue weighted by atomic mass is 10.5. The van der Waals surface area contributed by atoms with Crippen molar-refractivity contribution in [3.8, 4) is 0 Å². The van der Waals surface area contributed by atoms with Gasteiger partial charge in [-0.2, -0.15) is 0 Å². The lowest BCUT2D eigenvalue weighted by Gasteiger charge is -2.15. The molecule has 4 nitrogen and oxygen atoms in total. The second kappa shape index (κ2) is 6.50. The van der Waals surface area contributed by atoms with Gasteiger partial charge in [0.2, 0.25) is 0 Å². The zero-order chi connectivity index (χ0) is 12.0. The van der Waals surface area contributed by atoms with Crippen molar-refractivity contribution in [1.82, 2.24) is 4.98 Å². The molecule has 0 atom stereocenters. The van der Waals surface area contributed by atoms with E-state index < -0.39 is 7.60 Å². The zero-order valence-corrected chi connectivity index (χ0v) is 11.6. The molecular formula is C10H18NO3PS. The van der Waals surface area contributed by atoms with Crippen molar-refractivity contribution in [1.29, 1.82) is 0 Å². The van der Waals surface area contributed by atoms with E-state index in [1.807, 2.05) is 26.2 Å². The van der Waals surface area contributed by atoms with E-state index in [2.05, 4.69) is 4.98 Å². The normalized spacial score (nSPS) is 11.9. The summed E-state index contributed by atoms with van der Waals surface area (Å²) in [5.41, 5.74) is 0.798. The molecule has 0 fully saturated rings. The number of rotatable bonds is 7. The highest BCUT2D eigenvalue weighted by Gasteiger charge is 2.25. The highest BCUT2D eigenvalue weighted by Crippen LogP contribution is 2.51. The Labute approximate surface area is 101 Å². The van der Waals surface area contributed by atoms with Crippen LogP contribution in [-0.2, 0) is 26.2 Å². The Kier molecular flexibility index (Phi) is 5.62. The molecule has 0 aliphatic carbocycles. The third-order valence-corrected chi connectivity index (χ3v) is 4.97. The molecular weight excluding hydrogens is 245 g/mol. The number of hydrogen-bond donors (Lipinski definition) is 0. The van der Waals surface area contributed by atoms with Crippen molar-refractivity contribution in [3.05, 3.63) is 16.1 Å². The SMILES string of the molecule is CCOP(=O)(Cc1csc(CC)n1)OCC. The van der Waals surface area contributed by atoms with Crippen LogP contribution in [0.25, 0.3) is 0 Å². The average Bonchev–Trinajstić information content (AvgIpc) is 2.65. The average molecular weight is 263 g/mol. The molecule has 0 unspecified atom stereocenters. The molecule has 16 heavy (non-hydrogen) atoms. The van der Waals surface area contributed by atoms with Crippen molar-refractivity contribution in [2.75, 3.05) is 13.2 Å². The van der Waals surface area contributed by atoms with Crippen LogP contribution in [0.15, 0.2) is 5.38 Å². The molecule has 1 aromatic heterocycles. The number of hydrogen-bond acceptors (Lipinski definition) is 5. The second-order valence-corrected chi connectivity index (χ2v) is 6.19. The molecule has 0 amide bonds. The minimum absolute atomic E-state index is 0.269. The molecule has 1 rings (SSSR count). The molecule has 0 saturated heterocycles. The van der Waals surface area contributed by atoms with Crippen LogP contribution in [-0.4, -0.2) is 18.2 Å². The molecule has 0 saturated carbocycles. The lowest BCUT2D eigenvalue weighted by molar-refractivity contribution is 0.219. The van der Waals surface area contributed by atoms with Gasteiger partial charge in [0.05, 0.1) is 30.1 Å². The fourth-order valence-corrected chi connectivity index (χ4v) is 3.78. The predicted molar refractivity (Wildman–Crippen MR) is 66.1 cm³/mol. The summed E-state index contributed by atoms with van der Waals surface area (Å²) < 4.78 is 22.6. The topological polar surface area (TPSA) is 48.4 Å². The molecule has 1 heterocycles. The molecule has 0 N–H and O–H groups in total. The van der Waals surface area contributed by atoms with E-state index in [0.717, 1.165) is 17.1 Å². The number of aryl methyl sites for hydroxylation is 1. The molecule has 0 bridgehead atoms. The van der Waals surface area contributed by atoms with Crippen LogP contribution in [0.2, 0.25) is 0 Å². The second-order valence-electron chi connectivity index (χ2n) is 3.19. The van der Waals surface area contributed by atoms with Gasteiger partial charge in [-0.3, -0.25) is 4.57 Å². The smallest absolute Gasteiger partial charge is 0.309 e. The molecule has 0 aliphatic heterocycles. The summed E-state index contributed by atoms with van der Waals surface area (Å²) in [4.78, 5) is 4.36. The molecule has 0 spiro atoms. The van der Waals surface area contributed by atoms with Gasteiger partial charge in [0.1, 0.15) is 0 Å². The molecule has 6 heteroatoms. The molecule has 0 radical (unpaired) electrons. The van der Waals surface area contributed by atoms with Gasteiger partial charge < -0.3 is 9.05 Å². The molecule has 92 valence electrons. The Morgan fingerprint density at radius 3 is 2.38 bits per heavy atom. The first-order valence-electron chi connectivity index (χ1n) is 5.45. The van der Waals surface area contributed by atoms with Gasteiger partial charge in [0.15, 0.2) is 0 Å². The van der Waals surface area contributed by atoms with E-state index in [0.29, 0.717) is 13.2 Å². The zero-order valence-electron chi connectivity index (χ0n) is 9.93. The van der Waals surface area contributed by atoms with Crippen LogP contribution in [0.1, 0.15) is 31.5 Å². The Morgan fingerprint density at radius 1 is 1.31 bits per heavy atom. The summed E-state index contributed by atoms with van der Waals surface area (Å²) in [6.07, 6.45) is 1.17. The van der Waals surface area contributed by atoms with E-state index in [-0.39, 0.29) is 6.16 Å². The minimum atomic E-state index is -2.99. The van der Waals surface area contributed by atoms with Crippen molar-refractivity contribution < 1.29 is 13.6 Å². The Morgan fingerprint density at radius 2 is 1.94 bits per heavy atom. The van der Waals surface area contributed by atoms with Crippen LogP contribution in [0.3, 0.4) is 0 Å². The highest BCUT2D eigenvalue weighted by atomic mass is 32.1. The van der Waals surface area contributed by atoms with Gasteiger partial charge in [-0.25, -0.2) is 4.98 Å². The van der Waals surface area contributed by atoms with Gasteiger partial charge >= 0.3 is 7.60 Å². The maximum atomic E-state index is 12.2. The highest BCUT2D eigenvalue weighted by molar-refractivity contribution is 7.53. The fourth-order valence-electron chi connectivity index (χ4n) is 1.30. The summed E-state index contributed by atoms with van der Waals surface area (Å²) in [7, 11) is -2.99. The summed E-state index contributed by atoms with van der Waals surface area (Å²) in [6, 6.07) is 0. The molecule has 0 aromatic carbocycles. The van der Waals surface area contributed by atoms with E-state index in [1.54, 1.807) is 11.3 Å². The Hall–Kier alpha value is -0.220. The maximum Gasteiger partial charge on any atom is 0.336 e. The van der Waals surface area contributed by atoms with Gasteiger partial charge in [-0.05, 0) is 20.3 Å². The van der Waals surface area contributed by atoms with Crippen LogP contribution >= 0.6 is 18.9 Å². The fraction of sp³-hybridized carbons (Fsp3) is 0.700. The summed E-state index contributed by atoms with van der Waals surface area (Å²) >= 11 is 1.58. The van der Waals surface area contributed by atoms with Crippen molar-refractivity contribution in [3.63, 3.8) is 0 Å². The van der Waals surface area contributed by atoms with Crippen LogP contribution in [0.4, 0.5) is 0 Å².